The molecule has 0 saturated carbocycles. The Balaban J connectivity index is 1.94. The van der Waals surface area contributed by atoms with Gasteiger partial charge in [-0.25, -0.2) is 8.42 Å². The van der Waals surface area contributed by atoms with E-state index in [1.54, 1.807) is 0 Å². The van der Waals surface area contributed by atoms with Crippen molar-refractivity contribution in [3.05, 3.63) is 35.9 Å². The van der Waals surface area contributed by atoms with E-state index in [4.69, 9.17) is 0 Å². The van der Waals surface area contributed by atoms with Crippen molar-refractivity contribution in [2.24, 2.45) is 5.92 Å². The minimum absolute atomic E-state index is 0.230. The van der Waals surface area contributed by atoms with E-state index in [9.17, 15) is 13.5 Å². The second-order valence-corrected chi connectivity index (χ2v) is 8.20. The Bertz CT molecular complexity index is 562. The molecule has 1 aromatic rings. The lowest BCUT2D eigenvalue weighted by molar-refractivity contribution is 0.0337. The van der Waals surface area contributed by atoms with Crippen LogP contribution in [0.4, 0.5) is 0 Å². The lowest BCUT2D eigenvalue weighted by atomic mass is 9.97. The minimum atomic E-state index is -3.23. The van der Waals surface area contributed by atoms with Gasteiger partial charge in [-0.3, -0.25) is 0 Å². The van der Waals surface area contributed by atoms with Gasteiger partial charge in [0.25, 0.3) is 0 Å². The Labute approximate surface area is 133 Å². The molecule has 0 spiro atoms. The third-order valence-electron chi connectivity index (χ3n) is 4.28. The van der Waals surface area contributed by atoms with E-state index in [0.717, 1.165) is 25.1 Å². The summed E-state index contributed by atoms with van der Waals surface area (Å²) in [4.78, 5) is 2.24. The number of nitrogens with zero attached hydrogens (tertiary/aromatic N) is 2. The fraction of sp³-hybridized carbons (Fsp3) is 0.625. The van der Waals surface area contributed by atoms with Gasteiger partial charge in [0.15, 0.2) is 0 Å². The standard InChI is InChI=1S/C16H26N2O3S/c1-14-12-17(9-8-16(14)19)10-11-18(22(2,20)21)13-15-6-4-3-5-7-15/h3-7,14,16,19H,8-13H2,1-2H3/t14-,16+/m1/s1. The van der Waals surface area contributed by atoms with Crippen LogP contribution in [0.2, 0.25) is 0 Å². The van der Waals surface area contributed by atoms with E-state index in [0.29, 0.717) is 19.6 Å². The molecule has 5 nitrogen and oxygen atoms in total. The molecule has 0 aliphatic carbocycles. The van der Waals surface area contributed by atoms with Gasteiger partial charge in [0.05, 0.1) is 12.4 Å². The summed E-state index contributed by atoms with van der Waals surface area (Å²) in [7, 11) is -3.23. The normalized spacial score (nSPS) is 23.8. The van der Waals surface area contributed by atoms with E-state index in [1.165, 1.54) is 10.6 Å². The fourth-order valence-corrected chi connectivity index (χ4v) is 3.62. The predicted octanol–water partition coefficient (Wildman–Crippen LogP) is 1.15. The molecular weight excluding hydrogens is 300 g/mol. The zero-order valence-corrected chi connectivity index (χ0v) is 14.2. The first-order valence-corrected chi connectivity index (χ1v) is 9.60. The van der Waals surface area contributed by atoms with Crippen molar-refractivity contribution in [1.29, 1.82) is 0 Å². The first-order chi connectivity index (χ1) is 10.4. The van der Waals surface area contributed by atoms with Gasteiger partial charge in [-0.1, -0.05) is 37.3 Å². The molecule has 2 atom stereocenters. The fourth-order valence-electron chi connectivity index (χ4n) is 2.82. The van der Waals surface area contributed by atoms with Gasteiger partial charge in [0.1, 0.15) is 0 Å². The largest absolute Gasteiger partial charge is 0.393 e. The number of piperidine rings is 1. The van der Waals surface area contributed by atoms with Crippen LogP contribution in [-0.4, -0.2) is 61.3 Å². The highest BCUT2D eigenvalue weighted by Crippen LogP contribution is 2.17. The van der Waals surface area contributed by atoms with Crippen molar-refractivity contribution >= 4 is 10.0 Å². The zero-order valence-electron chi connectivity index (χ0n) is 13.4. The maximum atomic E-state index is 12.0. The number of rotatable bonds is 6. The lowest BCUT2D eigenvalue weighted by Crippen LogP contribution is -2.45. The predicted molar refractivity (Wildman–Crippen MR) is 87.9 cm³/mol. The summed E-state index contributed by atoms with van der Waals surface area (Å²) < 4.78 is 25.5. The number of sulfonamides is 1. The molecular formula is C16H26N2O3S. The van der Waals surface area contributed by atoms with Gasteiger partial charge >= 0.3 is 0 Å². The number of aliphatic hydroxyl groups is 1. The van der Waals surface area contributed by atoms with E-state index in [1.807, 2.05) is 37.3 Å². The van der Waals surface area contributed by atoms with Crippen molar-refractivity contribution in [3.63, 3.8) is 0 Å². The van der Waals surface area contributed by atoms with Gasteiger partial charge in [-0.2, -0.15) is 4.31 Å². The van der Waals surface area contributed by atoms with Crippen LogP contribution < -0.4 is 0 Å². The van der Waals surface area contributed by atoms with Crippen molar-refractivity contribution in [1.82, 2.24) is 9.21 Å². The van der Waals surface area contributed by atoms with Crippen LogP contribution in [0.5, 0.6) is 0 Å². The molecule has 0 bridgehead atoms. The van der Waals surface area contributed by atoms with Crippen LogP contribution in [0.25, 0.3) is 0 Å². The first kappa shape index (κ1) is 17.4. The summed E-state index contributed by atoms with van der Waals surface area (Å²) >= 11 is 0. The van der Waals surface area contributed by atoms with E-state index in [2.05, 4.69) is 4.90 Å². The van der Waals surface area contributed by atoms with Crippen molar-refractivity contribution in [3.8, 4) is 0 Å². The molecule has 2 rings (SSSR count). The van der Waals surface area contributed by atoms with Crippen LogP contribution in [-0.2, 0) is 16.6 Å². The highest BCUT2D eigenvalue weighted by atomic mass is 32.2. The Hall–Kier alpha value is -0.950. The molecule has 6 heteroatoms. The molecule has 0 amide bonds. The van der Waals surface area contributed by atoms with Crippen LogP contribution in [0.15, 0.2) is 30.3 Å². The van der Waals surface area contributed by atoms with Crippen molar-refractivity contribution in [2.45, 2.75) is 26.0 Å². The SMILES string of the molecule is C[C@@H]1CN(CCN(Cc2ccccc2)S(C)(=O)=O)CC[C@@H]1O. The third kappa shape index (κ3) is 5.05. The average molecular weight is 326 g/mol. The molecule has 124 valence electrons. The van der Waals surface area contributed by atoms with Gasteiger partial charge in [-0.05, 0) is 17.9 Å². The maximum Gasteiger partial charge on any atom is 0.211 e. The molecule has 0 radical (unpaired) electrons. The number of aliphatic hydroxyl groups excluding tert-OH is 1. The summed E-state index contributed by atoms with van der Waals surface area (Å²) in [5.41, 5.74) is 0.996. The molecule has 1 aliphatic heterocycles. The molecule has 1 aromatic carbocycles. The topological polar surface area (TPSA) is 60.9 Å². The van der Waals surface area contributed by atoms with Crippen LogP contribution >= 0.6 is 0 Å². The summed E-state index contributed by atoms with van der Waals surface area (Å²) in [5.74, 6) is 0.245. The molecule has 1 aliphatic rings. The highest BCUT2D eigenvalue weighted by molar-refractivity contribution is 7.88. The third-order valence-corrected chi connectivity index (χ3v) is 5.53. The Morgan fingerprint density at radius 3 is 2.59 bits per heavy atom. The molecule has 1 heterocycles. The van der Waals surface area contributed by atoms with Gasteiger partial charge < -0.3 is 10.0 Å². The summed E-state index contributed by atoms with van der Waals surface area (Å²) in [6, 6.07) is 9.65. The minimum Gasteiger partial charge on any atom is -0.393 e. The van der Waals surface area contributed by atoms with Crippen LogP contribution in [0.3, 0.4) is 0 Å². The van der Waals surface area contributed by atoms with E-state index < -0.39 is 10.0 Å². The monoisotopic (exact) mass is 326 g/mol. The van der Waals surface area contributed by atoms with E-state index >= 15 is 0 Å². The quantitative estimate of drug-likeness (QED) is 0.852. The average Bonchev–Trinajstić information content (AvgIpc) is 2.47. The van der Waals surface area contributed by atoms with Crippen LogP contribution in [0, 0.1) is 5.92 Å². The summed E-state index contributed by atoms with van der Waals surface area (Å²) in [5, 5.41) is 9.76. The van der Waals surface area contributed by atoms with E-state index in [-0.39, 0.29) is 12.0 Å². The Kier molecular flexibility index (Phi) is 5.97. The Morgan fingerprint density at radius 2 is 2.00 bits per heavy atom. The number of benzene rings is 1. The highest BCUT2D eigenvalue weighted by Gasteiger charge is 2.25. The smallest absolute Gasteiger partial charge is 0.211 e. The lowest BCUT2D eigenvalue weighted by Gasteiger charge is -2.35. The van der Waals surface area contributed by atoms with Gasteiger partial charge in [0, 0.05) is 32.7 Å². The zero-order chi connectivity index (χ0) is 16.2. The second kappa shape index (κ2) is 7.55. The molecule has 22 heavy (non-hydrogen) atoms. The second-order valence-electron chi connectivity index (χ2n) is 6.22. The van der Waals surface area contributed by atoms with Crippen molar-refractivity contribution in [2.75, 3.05) is 32.4 Å². The Morgan fingerprint density at radius 1 is 1.32 bits per heavy atom. The van der Waals surface area contributed by atoms with Gasteiger partial charge in [0.2, 0.25) is 10.0 Å². The number of hydrogen-bond acceptors (Lipinski definition) is 4. The number of hydrogen-bond donors (Lipinski definition) is 1. The molecule has 1 fully saturated rings. The molecule has 0 unspecified atom stereocenters. The first-order valence-electron chi connectivity index (χ1n) is 7.75. The maximum absolute atomic E-state index is 12.0. The van der Waals surface area contributed by atoms with Gasteiger partial charge in [-0.15, -0.1) is 0 Å². The van der Waals surface area contributed by atoms with Crippen molar-refractivity contribution < 1.29 is 13.5 Å². The summed E-state index contributed by atoms with van der Waals surface area (Å²) in [6.07, 6.45) is 1.80. The molecule has 1 saturated heterocycles. The van der Waals surface area contributed by atoms with Crippen LogP contribution in [0.1, 0.15) is 18.9 Å². The molecule has 0 aromatic heterocycles. The summed E-state index contributed by atoms with van der Waals surface area (Å²) in [6.45, 7) is 5.28. The molecule has 1 N–H and O–H groups in total. The number of likely N-dealkylation sites (tertiary alicyclic amines) is 1.